The standard InChI is InChI=1S/C18H20BFN4OS/c1-5-6-7-14-12(3)26-17-21-13(9-16(25)24(14)17)10-23-11(2)8-15(22-23)18(4,19)20/h5-9H,1,10,19H2,2-4H3/b7-6+. The van der Waals surface area contributed by atoms with Crippen molar-refractivity contribution in [1.82, 2.24) is 19.2 Å². The molecular weight excluding hydrogens is 350 g/mol. The summed E-state index contributed by atoms with van der Waals surface area (Å²) >= 11 is 1.46. The average Bonchev–Trinajstić information content (AvgIpc) is 3.05. The van der Waals surface area contributed by atoms with E-state index >= 15 is 0 Å². The first-order valence-corrected chi connectivity index (χ1v) is 9.07. The highest BCUT2D eigenvalue weighted by Gasteiger charge is 2.23. The van der Waals surface area contributed by atoms with Crippen LogP contribution in [0.15, 0.2) is 35.7 Å². The number of aryl methyl sites for hydroxylation is 2. The molecule has 0 fully saturated rings. The number of hydrogen-bond acceptors (Lipinski definition) is 4. The van der Waals surface area contributed by atoms with Gasteiger partial charge in [0.25, 0.3) is 5.56 Å². The first-order valence-electron chi connectivity index (χ1n) is 8.25. The minimum Gasteiger partial charge on any atom is -0.269 e. The molecule has 0 saturated heterocycles. The van der Waals surface area contributed by atoms with Crippen LogP contribution in [0.3, 0.4) is 0 Å². The summed E-state index contributed by atoms with van der Waals surface area (Å²) in [4.78, 5) is 18.8. The van der Waals surface area contributed by atoms with Crippen LogP contribution in [-0.2, 0) is 12.1 Å². The minimum absolute atomic E-state index is 0.145. The Labute approximate surface area is 155 Å². The lowest BCUT2D eigenvalue weighted by Crippen LogP contribution is -2.18. The zero-order valence-corrected chi connectivity index (χ0v) is 16.1. The molecule has 0 aliphatic heterocycles. The van der Waals surface area contributed by atoms with E-state index in [9.17, 15) is 9.18 Å². The third-order valence-electron chi connectivity index (χ3n) is 4.08. The Morgan fingerprint density at radius 1 is 1.42 bits per heavy atom. The molecule has 0 radical (unpaired) electrons. The molecule has 3 heterocycles. The maximum Gasteiger partial charge on any atom is 0.259 e. The van der Waals surface area contributed by atoms with E-state index in [1.165, 1.54) is 32.2 Å². The highest BCUT2D eigenvalue weighted by Crippen LogP contribution is 2.23. The van der Waals surface area contributed by atoms with Crippen LogP contribution in [0.2, 0.25) is 0 Å². The Balaban J connectivity index is 2.03. The summed E-state index contributed by atoms with van der Waals surface area (Å²) in [6, 6.07) is 3.23. The van der Waals surface area contributed by atoms with Gasteiger partial charge in [0.15, 0.2) is 12.8 Å². The molecule has 1 unspecified atom stereocenters. The first-order chi connectivity index (χ1) is 12.2. The van der Waals surface area contributed by atoms with E-state index in [-0.39, 0.29) is 5.56 Å². The number of nitrogens with zero attached hydrogens (tertiary/aromatic N) is 4. The largest absolute Gasteiger partial charge is 0.269 e. The van der Waals surface area contributed by atoms with Crippen LogP contribution in [0.1, 0.15) is 34.6 Å². The van der Waals surface area contributed by atoms with E-state index in [0.717, 1.165) is 16.3 Å². The number of thiazole rings is 1. The minimum atomic E-state index is -1.51. The molecule has 3 aromatic heterocycles. The molecule has 0 amide bonds. The van der Waals surface area contributed by atoms with Gasteiger partial charge in [-0.1, -0.05) is 18.7 Å². The first kappa shape index (κ1) is 18.3. The Bertz CT molecular complexity index is 1070. The number of fused-ring (bicyclic) bond motifs is 1. The lowest BCUT2D eigenvalue weighted by molar-refractivity contribution is 0.302. The zero-order chi connectivity index (χ0) is 19.1. The highest BCUT2D eigenvalue weighted by molar-refractivity contribution is 7.17. The molecule has 26 heavy (non-hydrogen) atoms. The summed E-state index contributed by atoms with van der Waals surface area (Å²) in [6.07, 6.45) is 5.31. The quantitative estimate of drug-likeness (QED) is 0.513. The van der Waals surface area contributed by atoms with Crippen molar-refractivity contribution in [2.75, 3.05) is 0 Å². The fourth-order valence-corrected chi connectivity index (χ4v) is 3.67. The van der Waals surface area contributed by atoms with Gasteiger partial charge in [-0.3, -0.25) is 13.9 Å². The van der Waals surface area contributed by atoms with E-state index in [2.05, 4.69) is 16.7 Å². The molecule has 3 aromatic rings. The van der Waals surface area contributed by atoms with Gasteiger partial charge in [0.05, 0.1) is 23.6 Å². The topological polar surface area (TPSA) is 52.2 Å². The second-order valence-electron chi connectivity index (χ2n) is 6.64. The van der Waals surface area contributed by atoms with Gasteiger partial charge in [-0.2, -0.15) is 5.10 Å². The van der Waals surface area contributed by atoms with Gasteiger partial charge in [0.1, 0.15) is 5.57 Å². The Hall–Kier alpha value is -2.48. The van der Waals surface area contributed by atoms with E-state index in [1.54, 1.807) is 27.3 Å². The van der Waals surface area contributed by atoms with E-state index in [0.29, 0.717) is 22.9 Å². The summed E-state index contributed by atoms with van der Waals surface area (Å²) in [5, 5.41) is 4.32. The van der Waals surface area contributed by atoms with Crippen LogP contribution in [0.25, 0.3) is 11.0 Å². The summed E-state index contributed by atoms with van der Waals surface area (Å²) in [5.74, 6) is 0. The van der Waals surface area contributed by atoms with Crippen molar-refractivity contribution < 1.29 is 4.39 Å². The molecule has 0 spiro atoms. The number of allylic oxidation sites excluding steroid dienone is 2. The summed E-state index contributed by atoms with van der Waals surface area (Å²) in [6.45, 7) is 9.27. The van der Waals surface area contributed by atoms with Crippen molar-refractivity contribution in [2.24, 2.45) is 0 Å². The predicted octanol–water partition coefficient (Wildman–Crippen LogP) is 2.59. The maximum absolute atomic E-state index is 14.1. The maximum atomic E-state index is 14.1. The third-order valence-corrected chi connectivity index (χ3v) is 5.05. The smallest absolute Gasteiger partial charge is 0.259 e. The van der Waals surface area contributed by atoms with Gasteiger partial charge >= 0.3 is 0 Å². The Kier molecular flexibility index (Phi) is 4.71. The molecule has 0 bridgehead atoms. The normalized spacial score (nSPS) is 14.2. The SMILES string of the molecule is BC(C)(F)c1cc(C)n(Cc2cc(=O)n3c(/C=C/C=C)c(C)sc3n2)n1. The lowest BCUT2D eigenvalue weighted by Gasteiger charge is -2.09. The second kappa shape index (κ2) is 6.68. The van der Waals surface area contributed by atoms with E-state index in [4.69, 9.17) is 0 Å². The second-order valence-corrected chi connectivity index (χ2v) is 7.82. The molecule has 0 saturated carbocycles. The number of rotatable bonds is 5. The number of halogens is 1. The van der Waals surface area contributed by atoms with Crippen LogP contribution in [0.5, 0.6) is 0 Å². The van der Waals surface area contributed by atoms with E-state index < -0.39 is 5.57 Å². The van der Waals surface area contributed by atoms with E-state index in [1.807, 2.05) is 19.9 Å². The molecule has 0 N–H and O–H groups in total. The van der Waals surface area contributed by atoms with Gasteiger partial charge in [0.2, 0.25) is 0 Å². The highest BCUT2D eigenvalue weighted by atomic mass is 32.1. The molecule has 134 valence electrons. The molecular formula is C18H20BFN4OS. The predicted molar refractivity (Wildman–Crippen MR) is 106 cm³/mol. The van der Waals surface area contributed by atoms with Crippen LogP contribution >= 0.6 is 11.3 Å². The monoisotopic (exact) mass is 370 g/mol. The molecule has 5 nitrogen and oxygen atoms in total. The molecule has 0 aromatic carbocycles. The average molecular weight is 370 g/mol. The number of aromatic nitrogens is 4. The Morgan fingerprint density at radius 3 is 2.77 bits per heavy atom. The van der Waals surface area contributed by atoms with Crippen LogP contribution in [0, 0.1) is 13.8 Å². The van der Waals surface area contributed by atoms with Crippen LogP contribution in [-0.4, -0.2) is 27.0 Å². The summed E-state index contributed by atoms with van der Waals surface area (Å²) < 4.78 is 17.4. The Morgan fingerprint density at radius 2 is 2.15 bits per heavy atom. The van der Waals surface area contributed by atoms with Gasteiger partial charge in [-0.05, 0) is 32.9 Å². The van der Waals surface area contributed by atoms with Crippen molar-refractivity contribution in [2.45, 2.75) is 32.9 Å². The van der Waals surface area contributed by atoms with Gasteiger partial charge in [0, 0.05) is 16.6 Å². The number of alkyl halides is 1. The summed E-state index contributed by atoms with van der Waals surface area (Å²) in [7, 11) is 1.47. The molecule has 8 heteroatoms. The van der Waals surface area contributed by atoms with Crippen molar-refractivity contribution in [3.8, 4) is 0 Å². The molecule has 0 aliphatic rings. The van der Waals surface area contributed by atoms with Gasteiger partial charge in [-0.15, -0.1) is 11.3 Å². The number of hydrogen-bond donors (Lipinski definition) is 0. The third kappa shape index (κ3) is 3.42. The molecule has 3 rings (SSSR count). The van der Waals surface area contributed by atoms with Crippen LogP contribution < -0.4 is 5.56 Å². The fraction of sp³-hybridized carbons (Fsp3) is 0.278. The van der Waals surface area contributed by atoms with Gasteiger partial charge in [-0.25, -0.2) is 9.37 Å². The van der Waals surface area contributed by atoms with Gasteiger partial charge < -0.3 is 0 Å². The van der Waals surface area contributed by atoms with Crippen LogP contribution in [0.4, 0.5) is 4.39 Å². The summed E-state index contributed by atoms with van der Waals surface area (Å²) in [5.41, 5.74) is 0.954. The van der Waals surface area contributed by atoms with Crippen molar-refractivity contribution in [3.63, 3.8) is 0 Å². The molecule has 0 aliphatic carbocycles. The molecule has 1 atom stereocenters. The lowest BCUT2D eigenvalue weighted by atomic mass is 9.83. The van der Waals surface area contributed by atoms with Crippen molar-refractivity contribution >= 4 is 30.2 Å². The fourth-order valence-electron chi connectivity index (χ4n) is 2.69. The zero-order valence-electron chi connectivity index (χ0n) is 15.3. The van der Waals surface area contributed by atoms with Crippen molar-refractivity contribution in [3.05, 3.63) is 68.9 Å². The van der Waals surface area contributed by atoms with Crippen molar-refractivity contribution in [1.29, 1.82) is 0 Å².